The lowest BCUT2D eigenvalue weighted by Crippen LogP contribution is -2.26. The van der Waals surface area contributed by atoms with E-state index in [4.69, 9.17) is 4.42 Å². The molecule has 0 saturated heterocycles. The molecule has 4 heterocycles. The molecule has 0 aliphatic carbocycles. The summed E-state index contributed by atoms with van der Waals surface area (Å²) in [6, 6.07) is 5.41. The highest BCUT2D eigenvalue weighted by Gasteiger charge is 2.23. The standard InChI is InChI=1S/C20H22N6O2/c1-12-14(11-25(4)22-12)10-24(3)20(27)15-9-16(17-7-6-8-28-17)21-19-18(15)13(2)23-26(19)5/h6-9,11H,10H2,1-5H3. The third-order valence-corrected chi connectivity index (χ3v) is 4.84. The van der Waals surface area contributed by atoms with Crippen LogP contribution >= 0.6 is 0 Å². The summed E-state index contributed by atoms with van der Waals surface area (Å²) in [6.07, 6.45) is 3.53. The Morgan fingerprint density at radius 1 is 1.21 bits per heavy atom. The Kier molecular flexibility index (Phi) is 4.26. The van der Waals surface area contributed by atoms with E-state index in [1.807, 2.05) is 40.2 Å². The topological polar surface area (TPSA) is 82.0 Å². The van der Waals surface area contributed by atoms with Crippen LogP contribution in [-0.2, 0) is 20.6 Å². The number of nitrogens with zero attached hydrogens (tertiary/aromatic N) is 6. The molecule has 0 aliphatic heterocycles. The fraction of sp³-hybridized carbons (Fsp3) is 0.300. The quantitative estimate of drug-likeness (QED) is 0.545. The van der Waals surface area contributed by atoms with Gasteiger partial charge in [0.25, 0.3) is 5.91 Å². The molecular weight excluding hydrogens is 356 g/mol. The third-order valence-electron chi connectivity index (χ3n) is 4.84. The second-order valence-corrected chi connectivity index (χ2v) is 7.01. The summed E-state index contributed by atoms with van der Waals surface area (Å²) in [5, 5.41) is 9.57. The van der Waals surface area contributed by atoms with Gasteiger partial charge in [-0.3, -0.25) is 14.2 Å². The zero-order chi connectivity index (χ0) is 20.0. The monoisotopic (exact) mass is 378 g/mol. The first-order chi connectivity index (χ1) is 13.3. The van der Waals surface area contributed by atoms with E-state index in [9.17, 15) is 4.79 Å². The van der Waals surface area contributed by atoms with Gasteiger partial charge in [-0.2, -0.15) is 10.2 Å². The average molecular weight is 378 g/mol. The minimum Gasteiger partial charge on any atom is -0.463 e. The molecule has 28 heavy (non-hydrogen) atoms. The molecule has 0 unspecified atom stereocenters. The Balaban J connectivity index is 1.80. The van der Waals surface area contributed by atoms with Crippen molar-refractivity contribution in [3.05, 3.63) is 53.2 Å². The average Bonchev–Trinajstić information content (AvgIpc) is 3.35. The summed E-state index contributed by atoms with van der Waals surface area (Å²) in [4.78, 5) is 19.7. The van der Waals surface area contributed by atoms with E-state index >= 15 is 0 Å². The number of furan rings is 1. The van der Waals surface area contributed by atoms with Crippen LogP contribution in [0.15, 0.2) is 35.1 Å². The van der Waals surface area contributed by atoms with Gasteiger partial charge in [-0.05, 0) is 32.0 Å². The molecule has 0 radical (unpaired) electrons. The fourth-order valence-electron chi connectivity index (χ4n) is 3.50. The molecule has 4 aromatic rings. The normalized spacial score (nSPS) is 11.3. The fourth-order valence-corrected chi connectivity index (χ4v) is 3.50. The Hall–Kier alpha value is -3.42. The van der Waals surface area contributed by atoms with Gasteiger partial charge in [0.05, 0.1) is 28.6 Å². The zero-order valence-electron chi connectivity index (χ0n) is 16.6. The van der Waals surface area contributed by atoms with Crippen LogP contribution in [0.1, 0.15) is 27.3 Å². The van der Waals surface area contributed by atoms with Gasteiger partial charge >= 0.3 is 0 Å². The first-order valence-electron chi connectivity index (χ1n) is 8.98. The predicted molar refractivity (Wildman–Crippen MR) is 105 cm³/mol. The van der Waals surface area contributed by atoms with Gasteiger partial charge in [-0.25, -0.2) is 4.98 Å². The lowest BCUT2D eigenvalue weighted by Gasteiger charge is -2.18. The van der Waals surface area contributed by atoms with Gasteiger partial charge in [-0.1, -0.05) is 0 Å². The van der Waals surface area contributed by atoms with E-state index in [2.05, 4.69) is 15.2 Å². The Morgan fingerprint density at radius 3 is 2.64 bits per heavy atom. The van der Waals surface area contributed by atoms with Crippen molar-refractivity contribution in [2.24, 2.45) is 14.1 Å². The van der Waals surface area contributed by atoms with Crippen LogP contribution in [-0.4, -0.2) is 42.4 Å². The summed E-state index contributed by atoms with van der Waals surface area (Å²) in [7, 11) is 5.49. The molecule has 0 saturated carbocycles. The molecule has 0 N–H and O–H groups in total. The van der Waals surface area contributed by atoms with Gasteiger partial charge in [0.15, 0.2) is 11.4 Å². The van der Waals surface area contributed by atoms with Gasteiger partial charge in [0.2, 0.25) is 0 Å². The molecule has 4 rings (SSSR count). The summed E-state index contributed by atoms with van der Waals surface area (Å²) in [5.74, 6) is 0.514. The Bertz CT molecular complexity index is 1170. The molecule has 4 aromatic heterocycles. The van der Waals surface area contributed by atoms with E-state index < -0.39 is 0 Å². The number of hydrogen-bond donors (Lipinski definition) is 0. The number of hydrogen-bond acceptors (Lipinski definition) is 5. The molecule has 144 valence electrons. The third kappa shape index (κ3) is 2.96. The van der Waals surface area contributed by atoms with Crippen LogP contribution < -0.4 is 0 Å². The van der Waals surface area contributed by atoms with Crippen LogP contribution in [0.2, 0.25) is 0 Å². The SMILES string of the molecule is Cc1nn(C)cc1CN(C)C(=O)c1cc(-c2ccco2)nc2c1c(C)nn2C. The van der Waals surface area contributed by atoms with Crippen molar-refractivity contribution in [2.75, 3.05) is 7.05 Å². The molecule has 0 fully saturated rings. The molecular formula is C20H22N6O2. The first kappa shape index (κ1) is 18.0. The summed E-state index contributed by atoms with van der Waals surface area (Å²) in [5.41, 5.74) is 4.51. The minimum absolute atomic E-state index is 0.0976. The lowest BCUT2D eigenvalue weighted by atomic mass is 10.1. The number of fused-ring (bicyclic) bond motifs is 1. The Morgan fingerprint density at radius 2 is 2.00 bits per heavy atom. The van der Waals surface area contributed by atoms with Crippen molar-refractivity contribution >= 4 is 16.9 Å². The van der Waals surface area contributed by atoms with Crippen LogP contribution in [0.25, 0.3) is 22.5 Å². The molecule has 0 aliphatic rings. The van der Waals surface area contributed by atoms with Crippen LogP contribution in [0.4, 0.5) is 0 Å². The molecule has 1 amide bonds. The molecule has 0 bridgehead atoms. The number of carbonyl (C=O) groups excluding carboxylic acids is 1. The van der Waals surface area contributed by atoms with Gasteiger partial charge in [0.1, 0.15) is 5.69 Å². The lowest BCUT2D eigenvalue weighted by molar-refractivity contribution is 0.0786. The van der Waals surface area contributed by atoms with Crippen molar-refractivity contribution in [3.8, 4) is 11.5 Å². The smallest absolute Gasteiger partial charge is 0.254 e. The first-order valence-corrected chi connectivity index (χ1v) is 8.98. The largest absolute Gasteiger partial charge is 0.463 e. The number of aromatic nitrogens is 5. The van der Waals surface area contributed by atoms with E-state index in [0.29, 0.717) is 29.2 Å². The highest BCUT2D eigenvalue weighted by molar-refractivity contribution is 6.07. The molecule has 0 atom stereocenters. The summed E-state index contributed by atoms with van der Waals surface area (Å²) in [6.45, 7) is 4.30. The summed E-state index contributed by atoms with van der Waals surface area (Å²) >= 11 is 0. The van der Waals surface area contributed by atoms with Crippen molar-refractivity contribution in [1.29, 1.82) is 0 Å². The van der Waals surface area contributed by atoms with Crippen molar-refractivity contribution in [2.45, 2.75) is 20.4 Å². The van der Waals surface area contributed by atoms with Crippen LogP contribution in [0.3, 0.4) is 0 Å². The van der Waals surface area contributed by atoms with Crippen LogP contribution in [0, 0.1) is 13.8 Å². The highest BCUT2D eigenvalue weighted by Crippen LogP contribution is 2.28. The second-order valence-electron chi connectivity index (χ2n) is 7.01. The van der Waals surface area contributed by atoms with Gasteiger partial charge in [-0.15, -0.1) is 0 Å². The predicted octanol–water partition coefficient (Wildman–Crippen LogP) is 2.85. The van der Waals surface area contributed by atoms with Gasteiger partial charge < -0.3 is 9.32 Å². The summed E-state index contributed by atoms with van der Waals surface area (Å²) < 4.78 is 8.95. The zero-order valence-corrected chi connectivity index (χ0v) is 16.6. The maximum absolute atomic E-state index is 13.4. The maximum Gasteiger partial charge on any atom is 0.254 e. The maximum atomic E-state index is 13.4. The number of amides is 1. The number of aryl methyl sites for hydroxylation is 4. The number of pyridine rings is 1. The molecule has 8 nitrogen and oxygen atoms in total. The molecule has 0 spiro atoms. The van der Waals surface area contributed by atoms with E-state index in [-0.39, 0.29) is 5.91 Å². The highest BCUT2D eigenvalue weighted by atomic mass is 16.3. The van der Waals surface area contributed by atoms with Gasteiger partial charge in [0, 0.05) is 39.4 Å². The number of rotatable bonds is 4. The van der Waals surface area contributed by atoms with Crippen LogP contribution in [0.5, 0.6) is 0 Å². The van der Waals surface area contributed by atoms with Crippen molar-refractivity contribution in [3.63, 3.8) is 0 Å². The minimum atomic E-state index is -0.0976. The number of carbonyl (C=O) groups is 1. The van der Waals surface area contributed by atoms with E-state index in [0.717, 1.165) is 22.3 Å². The van der Waals surface area contributed by atoms with E-state index in [1.54, 1.807) is 39.7 Å². The second kappa shape index (κ2) is 6.63. The Labute approximate surface area is 162 Å². The molecule has 8 heteroatoms. The van der Waals surface area contributed by atoms with E-state index in [1.165, 1.54) is 0 Å². The molecule has 0 aromatic carbocycles. The van der Waals surface area contributed by atoms with Crippen molar-refractivity contribution < 1.29 is 9.21 Å². The van der Waals surface area contributed by atoms with Crippen molar-refractivity contribution in [1.82, 2.24) is 29.4 Å².